The first-order valence-electron chi connectivity index (χ1n) is 12.1. The molecule has 0 aliphatic carbocycles. The summed E-state index contributed by atoms with van der Waals surface area (Å²) in [6.07, 6.45) is 7.07. The summed E-state index contributed by atoms with van der Waals surface area (Å²) >= 11 is 1.67. The number of ether oxygens (including phenoxy) is 1. The lowest BCUT2D eigenvalue weighted by Gasteiger charge is -2.15. The van der Waals surface area contributed by atoms with Gasteiger partial charge in [0.25, 0.3) is 0 Å². The SMILES string of the molecule is CCCC(CC)CCC(=O)Nc1cccc(Nc2ccc(OCc3ccccc3)cc2SC)c1. The molecule has 2 N–H and O–H groups in total. The van der Waals surface area contributed by atoms with Gasteiger partial charge >= 0.3 is 0 Å². The molecular weight excluding hydrogens is 440 g/mol. The number of benzene rings is 3. The van der Waals surface area contributed by atoms with Crippen molar-refractivity contribution >= 4 is 34.7 Å². The van der Waals surface area contributed by atoms with Crippen LogP contribution in [-0.4, -0.2) is 12.2 Å². The van der Waals surface area contributed by atoms with Crippen LogP contribution in [0.5, 0.6) is 5.75 Å². The summed E-state index contributed by atoms with van der Waals surface area (Å²) in [6, 6.07) is 24.1. The van der Waals surface area contributed by atoms with Crippen LogP contribution in [0.2, 0.25) is 0 Å². The molecule has 0 fully saturated rings. The van der Waals surface area contributed by atoms with E-state index in [0.717, 1.165) is 46.1 Å². The van der Waals surface area contributed by atoms with E-state index in [1.807, 2.05) is 54.6 Å². The van der Waals surface area contributed by atoms with Crippen molar-refractivity contribution in [3.63, 3.8) is 0 Å². The summed E-state index contributed by atoms with van der Waals surface area (Å²) in [7, 11) is 0. The lowest BCUT2D eigenvalue weighted by molar-refractivity contribution is -0.116. The Morgan fingerprint density at radius 2 is 1.74 bits per heavy atom. The van der Waals surface area contributed by atoms with E-state index in [9.17, 15) is 4.79 Å². The Labute approximate surface area is 208 Å². The highest BCUT2D eigenvalue weighted by Crippen LogP contribution is 2.32. The van der Waals surface area contributed by atoms with E-state index in [0.29, 0.717) is 18.9 Å². The van der Waals surface area contributed by atoms with Crippen LogP contribution in [0.15, 0.2) is 77.7 Å². The van der Waals surface area contributed by atoms with E-state index >= 15 is 0 Å². The molecule has 3 rings (SSSR count). The van der Waals surface area contributed by atoms with Crippen LogP contribution in [0, 0.1) is 5.92 Å². The molecule has 0 radical (unpaired) electrons. The standard InChI is InChI=1S/C29H36N2O2S/c1-4-10-22(5-2)15-18-29(32)31-25-14-9-13-24(19-25)30-27-17-16-26(20-28(27)34-3)33-21-23-11-7-6-8-12-23/h6-9,11-14,16-17,19-20,22,30H,4-5,10,15,18,21H2,1-3H3,(H,31,32). The highest BCUT2D eigenvalue weighted by Gasteiger charge is 2.10. The number of rotatable bonds is 13. The van der Waals surface area contributed by atoms with Gasteiger partial charge in [-0.1, -0.05) is 69.5 Å². The quantitative estimate of drug-likeness (QED) is 0.244. The number of thioether (sulfide) groups is 1. The summed E-state index contributed by atoms with van der Waals surface area (Å²) in [5.41, 5.74) is 3.90. The van der Waals surface area contributed by atoms with E-state index in [4.69, 9.17) is 4.74 Å². The van der Waals surface area contributed by atoms with Gasteiger partial charge in [0.2, 0.25) is 5.91 Å². The second-order valence-corrected chi connectivity index (χ2v) is 9.34. The van der Waals surface area contributed by atoms with Gasteiger partial charge in [-0.05, 0) is 60.6 Å². The molecule has 1 unspecified atom stereocenters. The fraction of sp³-hybridized carbons (Fsp3) is 0.345. The van der Waals surface area contributed by atoms with E-state index in [1.165, 1.54) is 12.8 Å². The zero-order chi connectivity index (χ0) is 24.2. The van der Waals surface area contributed by atoms with Crippen LogP contribution in [0.3, 0.4) is 0 Å². The first kappa shape index (κ1) is 25.7. The molecule has 3 aromatic rings. The molecule has 34 heavy (non-hydrogen) atoms. The summed E-state index contributed by atoms with van der Waals surface area (Å²) in [5, 5.41) is 6.54. The number of hydrogen-bond acceptors (Lipinski definition) is 4. The molecule has 3 aromatic carbocycles. The van der Waals surface area contributed by atoms with Crippen molar-refractivity contribution in [2.75, 3.05) is 16.9 Å². The van der Waals surface area contributed by atoms with Crippen molar-refractivity contribution in [3.8, 4) is 5.75 Å². The average molecular weight is 477 g/mol. The Morgan fingerprint density at radius 3 is 2.47 bits per heavy atom. The third-order valence-electron chi connectivity index (χ3n) is 5.90. The van der Waals surface area contributed by atoms with Crippen molar-refractivity contribution < 1.29 is 9.53 Å². The van der Waals surface area contributed by atoms with Gasteiger partial charge in [-0.25, -0.2) is 0 Å². The predicted molar refractivity (Wildman–Crippen MR) is 145 cm³/mol. The summed E-state index contributed by atoms with van der Waals surface area (Å²) in [4.78, 5) is 13.6. The smallest absolute Gasteiger partial charge is 0.224 e. The summed E-state index contributed by atoms with van der Waals surface area (Å²) in [6.45, 7) is 4.95. The fourth-order valence-corrected chi connectivity index (χ4v) is 4.53. The highest BCUT2D eigenvalue weighted by molar-refractivity contribution is 7.98. The van der Waals surface area contributed by atoms with Crippen molar-refractivity contribution in [1.29, 1.82) is 0 Å². The molecule has 1 amide bonds. The third kappa shape index (κ3) is 8.14. The molecule has 0 bridgehead atoms. The molecule has 0 aromatic heterocycles. The predicted octanol–water partition coefficient (Wildman–Crippen LogP) is 8.28. The van der Waals surface area contributed by atoms with Gasteiger partial charge in [0.1, 0.15) is 12.4 Å². The minimum Gasteiger partial charge on any atom is -0.489 e. The second kappa shape index (κ2) is 13.7. The van der Waals surface area contributed by atoms with Gasteiger partial charge in [0.15, 0.2) is 0 Å². The molecule has 1 atom stereocenters. The molecule has 0 spiro atoms. The minimum atomic E-state index is 0.0800. The largest absolute Gasteiger partial charge is 0.489 e. The van der Waals surface area contributed by atoms with E-state index < -0.39 is 0 Å². The maximum atomic E-state index is 12.5. The Bertz CT molecular complexity index is 1040. The molecule has 180 valence electrons. The maximum absolute atomic E-state index is 12.5. The number of carbonyl (C=O) groups is 1. The number of amides is 1. The molecular formula is C29H36N2O2S. The number of carbonyl (C=O) groups excluding carboxylic acids is 1. The average Bonchev–Trinajstić information content (AvgIpc) is 2.86. The summed E-state index contributed by atoms with van der Waals surface area (Å²) < 4.78 is 5.98. The monoisotopic (exact) mass is 476 g/mol. The van der Waals surface area contributed by atoms with Crippen molar-refractivity contribution in [3.05, 3.63) is 78.4 Å². The molecule has 0 aliphatic rings. The van der Waals surface area contributed by atoms with Crippen LogP contribution in [0.25, 0.3) is 0 Å². The first-order chi connectivity index (χ1) is 16.6. The lowest BCUT2D eigenvalue weighted by atomic mass is 9.95. The van der Waals surface area contributed by atoms with Crippen LogP contribution < -0.4 is 15.4 Å². The third-order valence-corrected chi connectivity index (χ3v) is 6.68. The normalized spacial score (nSPS) is 11.6. The zero-order valence-corrected chi connectivity index (χ0v) is 21.3. The first-order valence-corrected chi connectivity index (χ1v) is 13.4. The van der Waals surface area contributed by atoms with Gasteiger partial charge in [-0.15, -0.1) is 11.8 Å². The number of anilines is 3. The molecule has 4 nitrogen and oxygen atoms in total. The Hall–Kier alpha value is -2.92. The van der Waals surface area contributed by atoms with Gasteiger partial charge < -0.3 is 15.4 Å². The van der Waals surface area contributed by atoms with Crippen LogP contribution in [0.4, 0.5) is 17.1 Å². The van der Waals surface area contributed by atoms with Crippen molar-refractivity contribution in [1.82, 2.24) is 0 Å². The van der Waals surface area contributed by atoms with Gasteiger partial charge in [-0.3, -0.25) is 4.79 Å². The molecule has 0 saturated heterocycles. The fourth-order valence-electron chi connectivity index (χ4n) is 3.96. The van der Waals surface area contributed by atoms with Gasteiger partial charge in [0, 0.05) is 22.7 Å². The second-order valence-electron chi connectivity index (χ2n) is 8.49. The molecule has 5 heteroatoms. The van der Waals surface area contributed by atoms with Crippen molar-refractivity contribution in [2.45, 2.75) is 57.5 Å². The Morgan fingerprint density at radius 1 is 0.941 bits per heavy atom. The molecule has 0 aliphatic heterocycles. The Kier molecular flexibility index (Phi) is 10.4. The van der Waals surface area contributed by atoms with Crippen LogP contribution in [0.1, 0.15) is 51.5 Å². The van der Waals surface area contributed by atoms with Gasteiger partial charge in [0.05, 0.1) is 5.69 Å². The topological polar surface area (TPSA) is 50.4 Å². The van der Waals surface area contributed by atoms with E-state index in [2.05, 4.69) is 48.9 Å². The van der Waals surface area contributed by atoms with Crippen molar-refractivity contribution in [2.24, 2.45) is 5.92 Å². The summed E-state index contributed by atoms with van der Waals surface area (Å²) in [5.74, 6) is 1.55. The van der Waals surface area contributed by atoms with Gasteiger partial charge in [-0.2, -0.15) is 0 Å². The lowest BCUT2D eigenvalue weighted by Crippen LogP contribution is -2.13. The van der Waals surface area contributed by atoms with Crippen LogP contribution >= 0.6 is 11.8 Å². The molecule has 0 saturated carbocycles. The van der Waals surface area contributed by atoms with E-state index in [1.54, 1.807) is 11.8 Å². The number of hydrogen-bond donors (Lipinski definition) is 2. The van der Waals surface area contributed by atoms with E-state index in [-0.39, 0.29) is 5.91 Å². The minimum absolute atomic E-state index is 0.0800. The zero-order valence-electron chi connectivity index (χ0n) is 20.5. The maximum Gasteiger partial charge on any atom is 0.224 e. The van der Waals surface area contributed by atoms with Crippen LogP contribution in [-0.2, 0) is 11.4 Å². The highest BCUT2D eigenvalue weighted by atomic mass is 32.2. The Balaban J connectivity index is 1.59. The molecule has 0 heterocycles. The number of nitrogens with one attached hydrogen (secondary N) is 2.